The number of ether oxygens (including phenoxy) is 1. The fraction of sp³-hybridized carbons (Fsp3) is 0.895. The lowest BCUT2D eigenvalue weighted by molar-refractivity contribution is -0.137. The molecular weight excluding hydrogens is 382 g/mol. The normalized spacial score (nSPS) is 22.3. The third kappa shape index (κ3) is 7.33. The van der Waals surface area contributed by atoms with Gasteiger partial charge in [0.25, 0.3) is 0 Å². The number of carbonyl (C=O) groups is 2. The van der Waals surface area contributed by atoms with Gasteiger partial charge in [-0.15, -0.1) is 0 Å². The van der Waals surface area contributed by atoms with Crippen molar-refractivity contribution in [2.75, 3.05) is 51.9 Å². The summed E-state index contributed by atoms with van der Waals surface area (Å²) in [6, 6.07) is -0.104. The van der Waals surface area contributed by atoms with Crippen LogP contribution in [0.3, 0.4) is 0 Å². The number of likely N-dealkylation sites (N-methyl/N-ethyl adjacent to an activating group) is 1. The summed E-state index contributed by atoms with van der Waals surface area (Å²) in [5, 5.41) is 2.82. The molecule has 1 N–H and O–H groups in total. The molecule has 2 aliphatic rings. The molecule has 1 saturated heterocycles. The predicted molar refractivity (Wildman–Crippen MR) is 108 cm³/mol. The van der Waals surface area contributed by atoms with E-state index < -0.39 is 9.84 Å². The second-order valence-corrected chi connectivity index (χ2v) is 10.2. The highest BCUT2D eigenvalue weighted by Crippen LogP contribution is 2.28. The maximum absolute atomic E-state index is 13.1. The van der Waals surface area contributed by atoms with E-state index in [1.807, 2.05) is 4.90 Å². The molecule has 2 amide bonds. The first kappa shape index (κ1) is 23.1. The molecule has 0 aromatic heterocycles. The Kier molecular flexibility index (Phi) is 9.17. The highest BCUT2D eigenvalue weighted by Gasteiger charge is 2.38. The van der Waals surface area contributed by atoms with E-state index in [1.165, 1.54) is 6.42 Å². The molecule has 8 nitrogen and oxygen atoms in total. The van der Waals surface area contributed by atoms with Crippen molar-refractivity contribution in [1.82, 2.24) is 15.1 Å². The number of rotatable bonds is 10. The number of carbonyl (C=O) groups excluding carboxylic acids is 2. The lowest BCUT2D eigenvalue weighted by atomic mass is 9.93. The molecule has 1 aliphatic heterocycles. The van der Waals surface area contributed by atoms with Crippen LogP contribution in [-0.2, 0) is 24.2 Å². The second kappa shape index (κ2) is 11.1. The van der Waals surface area contributed by atoms with E-state index in [9.17, 15) is 18.0 Å². The van der Waals surface area contributed by atoms with Crippen LogP contribution in [0.4, 0.5) is 0 Å². The average Bonchev–Trinajstić information content (AvgIpc) is 2.99. The lowest BCUT2D eigenvalue weighted by Crippen LogP contribution is -2.52. The molecule has 162 valence electrons. The van der Waals surface area contributed by atoms with E-state index in [-0.39, 0.29) is 48.5 Å². The van der Waals surface area contributed by atoms with Gasteiger partial charge in [-0.05, 0) is 32.7 Å². The number of amides is 2. The molecule has 2 fully saturated rings. The zero-order valence-corrected chi connectivity index (χ0v) is 18.0. The average molecular weight is 418 g/mol. The number of nitrogens with zero attached hydrogens (tertiary/aromatic N) is 2. The van der Waals surface area contributed by atoms with Gasteiger partial charge in [0.05, 0.1) is 24.6 Å². The molecule has 28 heavy (non-hydrogen) atoms. The van der Waals surface area contributed by atoms with Crippen LogP contribution in [-0.4, -0.2) is 94.0 Å². The molecular formula is C19H35N3O5S. The zero-order valence-electron chi connectivity index (χ0n) is 17.2. The molecule has 0 bridgehead atoms. The van der Waals surface area contributed by atoms with Crippen LogP contribution in [0.15, 0.2) is 0 Å². The molecule has 0 aromatic rings. The summed E-state index contributed by atoms with van der Waals surface area (Å²) in [6.07, 6.45) is 6.47. The van der Waals surface area contributed by atoms with Gasteiger partial charge in [0.1, 0.15) is 0 Å². The van der Waals surface area contributed by atoms with Gasteiger partial charge < -0.3 is 15.0 Å². The van der Waals surface area contributed by atoms with Crippen molar-refractivity contribution in [2.45, 2.75) is 57.0 Å². The summed E-state index contributed by atoms with van der Waals surface area (Å²) < 4.78 is 28.9. The van der Waals surface area contributed by atoms with E-state index in [1.54, 1.807) is 19.1 Å². The van der Waals surface area contributed by atoms with Crippen molar-refractivity contribution in [3.05, 3.63) is 0 Å². The van der Waals surface area contributed by atoms with E-state index >= 15 is 0 Å². The SMILES string of the molecule is COCCCNC(=O)CN(C)CC(=O)N(C1CCCCC1)C1CCS(=O)(=O)C1. The predicted octanol–water partition coefficient (Wildman–Crippen LogP) is 0.419. The minimum absolute atomic E-state index is 0.0660. The summed E-state index contributed by atoms with van der Waals surface area (Å²) in [5.41, 5.74) is 0. The molecule has 1 unspecified atom stereocenters. The lowest BCUT2D eigenvalue weighted by Gasteiger charge is -2.39. The largest absolute Gasteiger partial charge is 0.385 e. The van der Waals surface area contributed by atoms with Gasteiger partial charge in [0, 0.05) is 32.3 Å². The Balaban J connectivity index is 1.91. The van der Waals surface area contributed by atoms with Crippen LogP contribution >= 0.6 is 0 Å². The molecule has 1 aliphatic carbocycles. The molecule has 0 radical (unpaired) electrons. The zero-order chi connectivity index (χ0) is 20.6. The molecule has 9 heteroatoms. The Bertz CT molecular complexity index is 619. The highest BCUT2D eigenvalue weighted by atomic mass is 32.2. The van der Waals surface area contributed by atoms with Gasteiger partial charge in [-0.25, -0.2) is 8.42 Å². The second-order valence-electron chi connectivity index (χ2n) is 8.02. The first-order chi connectivity index (χ1) is 13.3. The van der Waals surface area contributed by atoms with Gasteiger partial charge in [0.2, 0.25) is 11.8 Å². The van der Waals surface area contributed by atoms with Gasteiger partial charge in [0.15, 0.2) is 9.84 Å². The Morgan fingerprint density at radius 1 is 1.07 bits per heavy atom. The first-order valence-corrected chi connectivity index (χ1v) is 12.1. The summed E-state index contributed by atoms with van der Waals surface area (Å²) in [5.74, 6) is 0.0371. The highest BCUT2D eigenvalue weighted by molar-refractivity contribution is 7.91. The topological polar surface area (TPSA) is 96.0 Å². The summed E-state index contributed by atoms with van der Waals surface area (Å²) in [7, 11) is 0.310. The van der Waals surface area contributed by atoms with Crippen LogP contribution in [0.5, 0.6) is 0 Å². The smallest absolute Gasteiger partial charge is 0.237 e. The molecule has 2 rings (SSSR count). The fourth-order valence-electron chi connectivity index (χ4n) is 4.17. The van der Waals surface area contributed by atoms with Crippen LogP contribution < -0.4 is 5.32 Å². The van der Waals surface area contributed by atoms with Crippen LogP contribution in [0.1, 0.15) is 44.9 Å². The molecule has 0 spiro atoms. The molecule has 0 aromatic carbocycles. The standard InChI is InChI=1S/C19H35N3O5S/c1-21(13-18(23)20-10-6-11-27-2)14-19(24)22(16-7-4-3-5-8-16)17-9-12-28(25,26)15-17/h16-17H,3-15H2,1-2H3,(H,20,23). The summed E-state index contributed by atoms with van der Waals surface area (Å²) in [6.45, 7) is 1.40. The van der Waals surface area contributed by atoms with Crippen molar-refractivity contribution in [2.24, 2.45) is 0 Å². The third-order valence-electron chi connectivity index (χ3n) is 5.52. The summed E-state index contributed by atoms with van der Waals surface area (Å²) in [4.78, 5) is 28.6. The number of sulfone groups is 1. The van der Waals surface area contributed by atoms with E-state index in [4.69, 9.17) is 4.74 Å². The fourth-order valence-corrected chi connectivity index (χ4v) is 5.88. The number of methoxy groups -OCH3 is 1. The van der Waals surface area contributed by atoms with Crippen LogP contribution in [0.25, 0.3) is 0 Å². The Labute approximate surface area is 168 Å². The molecule has 1 atom stereocenters. The van der Waals surface area contributed by atoms with E-state index in [0.29, 0.717) is 19.6 Å². The van der Waals surface area contributed by atoms with E-state index in [2.05, 4.69) is 5.32 Å². The Morgan fingerprint density at radius 3 is 2.39 bits per heavy atom. The first-order valence-electron chi connectivity index (χ1n) is 10.3. The van der Waals surface area contributed by atoms with Crippen LogP contribution in [0, 0.1) is 0 Å². The summed E-state index contributed by atoms with van der Waals surface area (Å²) >= 11 is 0. The van der Waals surface area contributed by atoms with E-state index in [0.717, 1.165) is 32.1 Å². The van der Waals surface area contributed by atoms with Gasteiger partial charge >= 0.3 is 0 Å². The number of hydrogen-bond donors (Lipinski definition) is 1. The van der Waals surface area contributed by atoms with Crippen molar-refractivity contribution < 1.29 is 22.7 Å². The van der Waals surface area contributed by atoms with Crippen LogP contribution in [0.2, 0.25) is 0 Å². The maximum atomic E-state index is 13.1. The quantitative estimate of drug-likeness (QED) is 0.518. The molecule has 1 saturated carbocycles. The minimum atomic E-state index is -3.06. The molecule has 1 heterocycles. The van der Waals surface area contributed by atoms with Gasteiger partial charge in [-0.3, -0.25) is 14.5 Å². The van der Waals surface area contributed by atoms with Gasteiger partial charge in [-0.2, -0.15) is 0 Å². The Hall–Kier alpha value is -1.19. The minimum Gasteiger partial charge on any atom is -0.385 e. The Morgan fingerprint density at radius 2 is 1.79 bits per heavy atom. The van der Waals surface area contributed by atoms with Crippen molar-refractivity contribution in [1.29, 1.82) is 0 Å². The third-order valence-corrected chi connectivity index (χ3v) is 7.27. The number of hydrogen-bond acceptors (Lipinski definition) is 6. The number of nitrogens with one attached hydrogen (secondary N) is 1. The van der Waals surface area contributed by atoms with Crippen molar-refractivity contribution in [3.8, 4) is 0 Å². The van der Waals surface area contributed by atoms with Gasteiger partial charge in [-0.1, -0.05) is 19.3 Å². The van der Waals surface area contributed by atoms with Crippen molar-refractivity contribution in [3.63, 3.8) is 0 Å². The van der Waals surface area contributed by atoms with Crippen molar-refractivity contribution >= 4 is 21.7 Å². The maximum Gasteiger partial charge on any atom is 0.237 e. The monoisotopic (exact) mass is 417 g/mol.